The van der Waals surface area contributed by atoms with Crippen LogP contribution in [0.1, 0.15) is 23.2 Å². The van der Waals surface area contributed by atoms with Crippen LogP contribution in [0.3, 0.4) is 0 Å². The molecule has 2 nitrogen and oxygen atoms in total. The van der Waals surface area contributed by atoms with Gasteiger partial charge in [-0.05, 0) is 24.6 Å². The van der Waals surface area contributed by atoms with Crippen molar-refractivity contribution in [2.45, 2.75) is 25.9 Å². The quantitative estimate of drug-likeness (QED) is 0.906. The average molecular weight is 251 g/mol. The van der Waals surface area contributed by atoms with E-state index in [1.807, 2.05) is 11.4 Å². The summed E-state index contributed by atoms with van der Waals surface area (Å²) in [5.74, 6) is -0.219. The normalized spacial score (nSPS) is 12.6. The summed E-state index contributed by atoms with van der Waals surface area (Å²) in [5, 5.41) is 12.2. The van der Waals surface area contributed by atoms with Crippen molar-refractivity contribution in [1.29, 1.82) is 0 Å². The molecule has 0 saturated heterocycles. The zero-order chi connectivity index (χ0) is 12.3. The Morgan fingerprint density at radius 1 is 1.47 bits per heavy atom. The van der Waals surface area contributed by atoms with Gasteiger partial charge in [-0.1, -0.05) is 12.1 Å². The van der Waals surface area contributed by atoms with Gasteiger partial charge < -0.3 is 5.11 Å². The molecule has 0 aliphatic heterocycles. The van der Waals surface area contributed by atoms with E-state index in [-0.39, 0.29) is 11.9 Å². The highest BCUT2D eigenvalue weighted by Crippen LogP contribution is 2.16. The van der Waals surface area contributed by atoms with Crippen LogP contribution in [-0.2, 0) is 12.8 Å². The topological polar surface area (TPSA) is 33.1 Å². The van der Waals surface area contributed by atoms with Crippen molar-refractivity contribution < 1.29 is 9.50 Å². The molecule has 2 rings (SSSR count). The molecule has 0 aliphatic rings. The zero-order valence-electron chi connectivity index (χ0n) is 9.56. The minimum atomic E-state index is -0.376. The lowest BCUT2D eigenvalue weighted by Gasteiger charge is -1.99. The van der Waals surface area contributed by atoms with Gasteiger partial charge in [0.25, 0.3) is 0 Å². The third-order valence-electron chi connectivity index (χ3n) is 2.35. The largest absolute Gasteiger partial charge is 0.393 e. The third-order valence-corrected chi connectivity index (χ3v) is 3.25. The first-order valence-corrected chi connectivity index (χ1v) is 6.37. The summed E-state index contributed by atoms with van der Waals surface area (Å²) in [7, 11) is 0. The molecule has 0 fully saturated rings. The van der Waals surface area contributed by atoms with Crippen molar-refractivity contribution in [1.82, 2.24) is 4.98 Å². The Bertz CT molecular complexity index is 496. The fourth-order valence-electron chi connectivity index (χ4n) is 1.65. The molecule has 90 valence electrons. The van der Waals surface area contributed by atoms with E-state index in [1.54, 1.807) is 24.3 Å². The van der Waals surface area contributed by atoms with Crippen molar-refractivity contribution in [2.75, 3.05) is 0 Å². The number of nitrogens with zero attached hydrogens (tertiary/aromatic N) is 1. The number of aromatic nitrogens is 1. The molecule has 1 unspecified atom stereocenters. The fraction of sp³-hybridized carbons (Fsp3) is 0.308. The van der Waals surface area contributed by atoms with Crippen molar-refractivity contribution in [3.05, 3.63) is 51.7 Å². The Balaban J connectivity index is 2.06. The number of halogens is 1. The van der Waals surface area contributed by atoms with Gasteiger partial charge in [-0.15, -0.1) is 11.3 Å². The molecule has 2 aromatic rings. The Kier molecular flexibility index (Phi) is 3.86. The van der Waals surface area contributed by atoms with Gasteiger partial charge in [0.15, 0.2) is 0 Å². The standard InChI is InChI=1S/C13H14FNOS/c1-9(16)5-12-8-17-13(15-12)7-10-3-2-4-11(14)6-10/h2-4,6,8-9,16H,5,7H2,1H3. The van der Waals surface area contributed by atoms with Crippen LogP contribution in [0, 0.1) is 5.82 Å². The first-order chi connectivity index (χ1) is 8.13. The van der Waals surface area contributed by atoms with E-state index < -0.39 is 0 Å². The molecule has 1 atom stereocenters. The highest BCUT2D eigenvalue weighted by molar-refractivity contribution is 7.09. The van der Waals surface area contributed by atoms with Crippen LogP contribution in [0.15, 0.2) is 29.6 Å². The van der Waals surface area contributed by atoms with Gasteiger partial charge >= 0.3 is 0 Å². The molecular weight excluding hydrogens is 237 g/mol. The molecule has 17 heavy (non-hydrogen) atoms. The third kappa shape index (κ3) is 3.61. The van der Waals surface area contributed by atoms with Crippen LogP contribution in [0.25, 0.3) is 0 Å². The number of aliphatic hydroxyl groups excluding tert-OH is 1. The van der Waals surface area contributed by atoms with Crippen molar-refractivity contribution in [2.24, 2.45) is 0 Å². The summed E-state index contributed by atoms with van der Waals surface area (Å²) in [5.41, 5.74) is 1.82. The summed E-state index contributed by atoms with van der Waals surface area (Å²) < 4.78 is 13.0. The molecule has 1 N–H and O–H groups in total. The van der Waals surface area contributed by atoms with Gasteiger partial charge in [0.1, 0.15) is 5.82 Å². The van der Waals surface area contributed by atoms with E-state index in [2.05, 4.69) is 4.98 Å². The summed E-state index contributed by atoms with van der Waals surface area (Å²) in [6, 6.07) is 6.55. The van der Waals surface area contributed by atoms with E-state index in [0.717, 1.165) is 16.3 Å². The van der Waals surface area contributed by atoms with Crippen LogP contribution < -0.4 is 0 Å². The Labute approximate surface area is 104 Å². The summed E-state index contributed by atoms with van der Waals surface area (Å²) in [4.78, 5) is 4.41. The minimum Gasteiger partial charge on any atom is -0.393 e. The van der Waals surface area contributed by atoms with E-state index in [4.69, 9.17) is 0 Å². The monoisotopic (exact) mass is 251 g/mol. The van der Waals surface area contributed by atoms with Gasteiger partial charge in [0.05, 0.1) is 16.8 Å². The lowest BCUT2D eigenvalue weighted by atomic mass is 10.1. The number of benzene rings is 1. The molecule has 0 amide bonds. The van der Waals surface area contributed by atoms with Crippen LogP contribution in [0.5, 0.6) is 0 Å². The molecule has 0 bridgehead atoms. The van der Waals surface area contributed by atoms with Crippen molar-refractivity contribution >= 4 is 11.3 Å². The second kappa shape index (κ2) is 5.38. The second-order valence-electron chi connectivity index (χ2n) is 4.09. The molecule has 4 heteroatoms. The van der Waals surface area contributed by atoms with Gasteiger partial charge in [-0.3, -0.25) is 0 Å². The van der Waals surface area contributed by atoms with Crippen LogP contribution >= 0.6 is 11.3 Å². The molecule has 0 radical (unpaired) electrons. The predicted molar refractivity (Wildman–Crippen MR) is 66.7 cm³/mol. The number of aliphatic hydroxyl groups is 1. The van der Waals surface area contributed by atoms with E-state index in [1.165, 1.54) is 12.1 Å². The summed E-state index contributed by atoms with van der Waals surface area (Å²) >= 11 is 1.55. The van der Waals surface area contributed by atoms with Gasteiger partial charge in [0, 0.05) is 18.2 Å². The summed E-state index contributed by atoms with van der Waals surface area (Å²) in [6.07, 6.45) is 0.834. The number of rotatable bonds is 4. The smallest absolute Gasteiger partial charge is 0.123 e. The Morgan fingerprint density at radius 3 is 3.00 bits per heavy atom. The fourth-order valence-corrected chi connectivity index (χ4v) is 2.49. The molecule has 0 aliphatic carbocycles. The lowest BCUT2D eigenvalue weighted by molar-refractivity contribution is 0.194. The average Bonchev–Trinajstić information content (AvgIpc) is 2.64. The predicted octanol–water partition coefficient (Wildman–Crippen LogP) is 2.80. The van der Waals surface area contributed by atoms with Crippen LogP contribution in [0.4, 0.5) is 4.39 Å². The highest BCUT2D eigenvalue weighted by Gasteiger charge is 2.06. The minimum absolute atomic E-state index is 0.219. The Morgan fingerprint density at radius 2 is 2.29 bits per heavy atom. The number of hydrogen-bond donors (Lipinski definition) is 1. The SMILES string of the molecule is CC(O)Cc1csc(Cc2cccc(F)c2)n1. The Hall–Kier alpha value is -1.26. The lowest BCUT2D eigenvalue weighted by Crippen LogP contribution is -2.04. The van der Waals surface area contributed by atoms with Crippen molar-refractivity contribution in [3.8, 4) is 0 Å². The molecule has 0 saturated carbocycles. The summed E-state index contributed by atoms with van der Waals surface area (Å²) in [6.45, 7) is 1.74. The highest BCUT2D eigenvalue weighted by atomic mass is 32.1. The molecule has 1 heterocycles. The molecule has 1 aromatic heterocycles. The van der Waals surface area contributed by atoms with Crippen LogP contribution in [-0.4, -0.2) is 16.2 Å². The van der Waals surface area contributed by atoms with E-state index in [0.29, 0.717) is 12.8 Å². The maximum absolute atomic E-state index is 13.0. The van der Waals surface area contributed by atoms with E-state index >= 15 is 0 Å². The molecule has 0 spiro atoms. The molecule has 1 aromatic carbocycles. The van der Waals surface area contributed by atoms with Gasteiger partial charge in [-0.2, -0.15) is 0 Å². The van der Waals surface area contributed by atoms with Crippen LogP contribution in [0.2, 0.25) is 0 Å². The van der Waals surface area contributed by atoms with Gasteiger partial charge in [0.2, 0.25) is 0 Å². The second-order valence-corrected chi connectivity index (χ2v) is 5.04. The van der Waals surface area contributed by atoms with Crippen molar-refractivity contribution in [3.63, 3.8) is 0 Å². The maximum atomic E-state index is 13.0. The maximum Gasteiger partial charge on any atom is 0.123 e. The van der Waals surface area contributed by atoms with Gasteiger partial charge in [-0.25, -0.2) is 9.37 Å². The molecular formula is C13H14FNOS. The van der Waals surface area contributed by atoms with E-state index in [9.17, 15) is 9.50 Å². The number of thiazole rings is 1. The zero-order valence-corrected chi connectivity index (χ0v) is 10.4. The first-order valence-electron chi connectivity index (χ1n) is 5.49. The number of hydrogen-bond acceptors (Lipinski definition) is 3. The first kappa shape index (κ1) is 12.2.